The zero-order valence-electron chi connectivity index (χ0n) is 17.6. The molecule has 180 valence electrons. The molecule has 2 aromatic heterocycles. The smallest absolute Gasteiger partial charge is 0.339 e. The molecule has 1 N–H and O–H groups in total. The van der Waals surface area contributed by atoms with Gasteiger partial charge < -0.3 is 4.90 Å². The van der Waals surface area contributed by atoms with Crippen molar-refractivity contribution >= 4 is 44.7 Å². The molecule has 4 rings (SSSR count). The van der Waals surface area contributed by atoms with Crippen molar-refractivity contribution in [2.24, 2.45) is 0 Å². The number of likely N-dealkylation sites (tertiary alicyclic amines) is 1. The predicted molar refractivity (Wildman–Crippen MR) is 126 cm³/mol. The van der Waals surface area contributed by atoms with E-state index in [9.17, 15) is 26.4 Å². The first-order valence-corrected chi connectivity index (χ1v) is 13.0. The lowest BCUT2D eigenvalue weighted by molar-refractivity contribution is -0.0429. The molecule has 0 radical (unpaired) electrons. The Bertz CT molecular complexity index is 1320. The van der Waals surface area contributed by atoms with Gasteiger partial charge in [-0.3, -0.25) is 9.52 Å². The van der Waals surface area contributed by atoms with E-state index < -0.39 is 21.3 Å². The normalized spacial score (nSPS) is 14.8. The van der Waals surface area contributed by atoms with Crippen LogP contribution in [0.25, 0.3) is 21.6 Å². The molecule has 0 unspecified atom stereocenters. The summed E-state index contributed by atoms with van der Waals surface area (Å²) in [7, 11) is -5.57. The maximum absolute atomic E-state index is 12.7. The van der Waals surface area contributed by atoms with Crippen LogP contribution in [0.1, 0.15) is 29.6 Å². The molecule has 1 aliphatic rings. The molecular formula is C22H19ClF3N3O3S2. The third-order valence-electron chi connectivity index (χ3n) is 5.36. The maximum Gasteiger partial charge on any atom is 0.516 e. The zero-order chi connectivity index (χ0) is 24.5. The Morgan fingerprint density at radius 2 is 1.79 bits per heavy atom. The van der Waals surface area contributed by atoms with E-state index in [4.69, 9.17) is 11.6 Å². The van der Waals surface area contributed by atoms with Crippen LogP contribution in [-0.4, -0.2) is 42.8 Å². The van der Waals surface area contributed by atoms with E-state index in [2.05, 4.69) is 4.98 Å². The molecule has 1 fully saturated rings. The number of pyridine rings is 1. The summed E-state index contributed by atoms with van der Waals surface area (Å²) in [5.74, 6) is -0.492. The largest absolute Gasteiger partial charge is 0.516 e. The number of piperidine rings is 1. The van der Waals surface area contributed by atoms with Crippen LogP contribution in [0.5, 0.6) is 0 Å². The van der Waals surface area contributed by atoms with Gasteiger partial charge in [0.25, 0.3) is 5.91 Å². The fraction of sp³-hybridized carbons (Fsp3) is 0.273. The number of halogens is 4. The van der Waals surface area contributed by atoms with E-state index in [0.29, 0.717) is 26.6 Å². The Morgan fingerprint density at radius 3 is 2.47 bits per heavy atom. The Kier molecular flexibility index (Phi) is 6.88. The molecular weight excluding hydrogens is 511 g/mol. The zero-order valence-corrected chi connectivity index (χ0v) is 20.0. The van der Waals surface area contributed by atoms with Crippen molar-refractivity contribution in [3.8, 4) is 21.6 Å². The molecule has 6 nitrogen and oxygen atoms in total. The van der Waals surface area contributed by atoms with Crippen LogP contribution in [0, 0.1) is 0 Å². The Hall–Kier alpha value is -2.63. The summed E-state index contributed by atoms with van der Waals surface area (Å²) in [6, 6.07) is 9.70. The lowest BCUT2D eigenvalue weighted by Gasteiger charge is -2.26. The van der Waals surface area contributed by atoms with Gasteiger partial charge in [-0.15, -0.1) is 11.3 Å². The van der Waals surface area contributed by atoms with Crippen molar-refractivity contribution in [3.63, 3.8) is 0 Å². The number of nitrogens with zero attached hydrogens (tertiary/aromatic N) is 2. The van der Waals surface area contributed by atoms with Crippen molar-refractivity contribution in [2.75, 3.05) is 17.8 Å². The molecule has 0 saturated carbocycles. The van der Waals surface area contributed by atoms with Gasteiger partial charge in [-0.1, -0.05) is 17.7 Å². The number of amides is 1. The number of hydrogen-bond donors (Lipinski definition) is 1. The van der Waals surface area contributed by atoms with Crippen molar-refractivity contribution in [1.29, 1.82) is 0 Å². The van der Waals surface area contributed by atoms with Gasteiger partial charge in [-0.25, -0.2) is 4.98 Å². The van der Waals surface area contributed by atoms with E-state index in [-0.39, 0.29) is 5.91 Å². The van der Waals surface area contributed by atoms with Crippen LogP contribution in [0.15, 0.2) is 48.0 Å². The molecule has 0 atom stereocenters. The van der Waals surface area contributed by atoms with Crippen molar-refractivity contribution < 1.29 is 26.4 Å². The second-order valence-corrected chi connectivity index (χ2v) is 10.7. The first-order chi connectivity index (χ1) is 16.0. The van der Waals surface area contributed by atoms with Crippen molar-refractivity contribution in [2.45, 2.75) is 24.8 Å². The number of anilines is 1. The highest BCUT2D eigenvalue weighted by Gasteiger charge is 2.46. The van der Waals surface area contributed by atoms with E-state index in [1.165, 1.54) is 28.3 Å². The summed E-state index contributed by atoms with van der Waals surface area (Å²) in [6.45, 7) is 1.47. The first kappa shape index (κ1) is 24.5. The standard InChI is InChI=1S/C22H19ClF3N3O3S2/c23-18-10-15(21(30)29-8-2-1-3-9-29)4-5-17(18)16-11-19(33-13-16)14-6-7-27-20(12-14)28-34(31,32)22(24,25)26/h4-7,10-13H,1-3,8-9H2,(H,27,28). The number of rotatable bonds is 5. The Labute approximate surface area is 203 Å². The third-order valence-corrected chi connectivity index (χ3v) is 7.74. The topological polar surface area (TPSA) is 79.4 Å². The quantitative estimate of drug-likeness (QED) is 0.438. The van der Waals surface area contributed by atoms with Crippen LogP contribution in [0.4, 0.5) is 19.0 Å². The fourth-order valence-electron chi connectivity index (χ4n) is 3.63. The summed E-state index contributed by atoms with van der Waals surface area (Å²) >= 11 is 7.79. The maximum atomic E-state index is 12.7. The Morgan fingerprint density at radius 1 is 1.06 bits per heavy atom. The second-order valence-electron chi connectivity index (χ2n) is 7.73. The number of hydrogen-bond acceptors (Lipinski definition) is 5. The van der Waals surface area contributed by atoms with Gasteiger partial charge in [0.2, 0.25) is 0 Å². The molecule has 1 saturated heterocycles. The number of carbonyl (C=O) groups is 1. The van der Waals surface area contributed by atoms with Gasteiger partial charge >= 0.3 is 15.5 Å². The molecule has 0 aliphatic carbocycles. The average molecular weight is 530 g/mol. The highest BCUT2D eigenvalue weighted by Crippen LogP contribution is 2.37. The van der Waals surface area contributed by atoms with E-state index >= 15 is 0 Å². The number of thiophene rings is 1. The number of carbonyl (C=O) groups excluding carboxylic acids is 1. The minimum absolute atomic E-state index is 0.0511. The SMILES string of the molecule is O=C(c1ccc(-c2csc(-c3ccnc(NS(=O)(=O)C(F)(F)F)c3)c2)c(Cl)c1)N1CCCCC1. The van der Waals surface area contributed by atoms with Gasteiger partial charge in [0.15, 0.2) is 0 Å². The number of nitrogens with one attached hydrogen (secondary N) is 1. The molecule has 1 aliphatic heterocycles. The minimum Gasteiger partial charge on any atom is -0.339 e. The van der Waals surface area contributed by atoms with Gasteiger partial charge in [0.1, 0.15) is 5.82 Å². The van der Waals surface area contributed by atoms with Gasteiger partial charge in [-0.2, -0.15) is 21.6 Å². The third kappa shape index (κ3) is 5.21. The van der Waals surface area contributed by atoms with Crippen molar-refractivity contribution in [1.82, 2.24) is 9.88 Å². The molecule has 1 amide bonds. The summed E-state index contributed by atoms with van der Waals surface area (Å²) in [4.78, 5) is 18.9. The lowest BCUT2D eigenvalue weighted by atomic mass is 10.0. The summed E-state index contributed by atoms with van der Waals surface area (Å²) in [5.41, 5.74) is -2.98. The summed E-state index contributed by atoms with van der Waals surface area (Å²) in [6.07, 6.45) is 4.32. The number of benzene rings is 1. The minimum atomic E-state index is -5.57. The van der Waals surface area contributed by atoms with Crippen LogP contribution < -0.4 is 4.72 Å². The predicted octanol–water partition coefficient (Wildman–Crippen LogP) is 6.02. The molecule has 0 bridgehead atoms. The fourth-order valence-corrected chi connectivity index (χ4v) is 5.33. The monoisotopic (exact) mass is 529 g/mol. The molecule has 0 spiro atoms. The van der Waals surface area contributed by atoms with Gasteiger partial charge in [-0.05, 0) is 66.1 Å². The van der Waals surface area contributed by atoms with E-state index in [1.54, 1.807) is 30.3 Å². The molecule has 12 heteroatoms. The second kappa shape index (κ2) is 9.55. The first-order valence-electron chi connectivity index (χ1n) is 10.3. The number of aromatic nitrogens is 1. The molecule has 3 heterocycles. The van der Waals surface area contributed by atoms with Crippen LogP contribution in [0.3, 0.4) is 0 Å². The van der Waals surface area contributed by atoms with Gasteiger partial charge in [0.05, 0.1) is 0 Å². The lowest BCUT2D eigenvalue weighted by Crippen LogP contribution is -2.35. The number of alkyl halides is 3. The van der Waals surface area contributed by atoms with E-state index in [1.807, 2.05) is 10.3 Å². The van der Waals surface area contributed by atoms with Crippen LogP contribution >= 0.6 is 22.9 Å². The molecule has 1 aromatic carbocycles. The van der Waals surface area contributed by atoms with Crippen molar-refractivity contribution in [3.05, 3.63) is 58.6 Å². The van der Waals surface area contributed by atoms with Gasteiger partial charge in [0, 0.05) is 40.3 Å². The van der Waals surface area contributed by atoms with E-state index in [0.717, 1.165) is 37.9 Å². The summed E-state index contributed by atoms with van der Waals surface area (Å²) in [5, 5.41) is 2.23. The van der Waals surface area contributed by atoms with Crippen LogP contribution in [-0.2, 0) is 10.0 Å². The highest BCUT2D eigenvalue weighted by atomic mass is 35.5. The average Bonchev–Trinajstić information content (AvgIpc) is 3.28. The van der Waals surface area contributed by atoms with Crippen LogP contribution in [0.2, 0.25) is 5.02 Å². The molecule has 34 heavy (non-hydrogen) atoms. The molecule has 3 aromatic rings. The summed E-state index contributed by atoms with van der Waals surface area (Å²) < 4.78 is 62.1. The highest BCUT2D eigenvalue weighted by molar-refractivity contribution is 7.93. The number of sulfonamides is 1. The Balaban J connectivity index is 1.55.